The second-order valence-corrected chi connectivity index (χ2v) is 9.24. The van der Waals surface area contributed by atoms with Gasteiger partial charge in [0.05, 0.1) is 24.3 Å². The van der Waals surface area contributed by atoms with Gasteiger partial charge in [-0.05, 0) is 38.7 Å². The van der Waals surface area contributed by atoms with Crippen molar-refractivity contribution in [2.75, 3.05) is 20.6 Å². The smallest absolute Gasteiger partial charge is 0.249 e. The number of aliphatic hydroxyl groups excluding tert-OH is 2. The highest BCUT2D eigenvalue weighted by atomic mass is 19.1. The number of halogens is 1. The van der Waals surface area contributed by atoms with E-state index in [9.17, 15) is 24.8 Å². The SMILES string of the molecule is CN[C@@H]1[C@H](O)[C@H](NC)[C@H]2O[C@]3(O)C(O[C@@H]2[C@H]1O)O[C@H](C)C[C@@]3(O)CNCc1cccc(F)c1. The van der Waals surface area contributed by atoms with E-state index in [0.29, 0.717) is 5.56 Å². The van der Waals surface area contributed by atoms with Crippen LogP contribution in [0.4, 0.5) is 4.39 Å². The predicted molar refractivity (Wildman–Crippen MR) is 114 cm³/mol. The highest BCUT2D eigenvalue weighted by Gasteiger charge is 2.68. The van der Waals surface area contributed by atoms with Crippen molar-refractivity contribution in [2.45, 2.75) is 80.2 Å². The van der Waals surface area contributed by atoms with Crippen molar-refractivity contribution in [1.29, 1.82) is 0 Å². The number of hydrogen-bond acceptors (Lipinski definition) is 10. The van der Waals surface area contributed by atoms with Gasteiger partial charge in [0.1, 0.15) is 29.7 Å². The van der Waals surface area contributed by atoms with E-state index in [1.807, 2.05) is 0 Å². The Morgan fingerprint density at radius 1 is 1.06 bits per heavy atom. The van der Waals surface area contributed by atoms with Gasteiger partial charge in [0.25, 0.3) is 0 Å². The Bertz CT molecular complexity index is 837. The Labute approximate surface area is 192 Å². The fraction of sp³-hybridized carbons (Fsp3) is 0.727. The van der Waals surface area contributed by atoms with Gasteiger partial charge in [0.15, 0.2) is 0 Å². The molecule has 7 N–H and O–H groups in total. The minimum absolute atomic E-state index is 0.0331. The standard InChI is InChI=1S/C22H34FN3O7/c1-11-8-21(29,10-26-9-12-5-4-6-13(23)7-12)22(30)20(31-11)32-19-17(28)14(24-2)16(27)15(25-3)18(19)33-22/h4-7,11,14-20,24-30H,8-10H2,1-3H3/t11-,14-,15+,16+,17+,18-,19-,20?,21-,22-/m1/s1. The first-order chi connectivity index (χ1) is 15.6. The van der Waals surface area contributed by atoms with E-state index >= 15 is 0 Å². The van der Waals surface area contributed by atoms with E-state index in [0.717, 1.165) is 0 Å². The Balaban J connectivity index is 1.57. The average Bonchev–Trinajstić information content (AvgIpc) is 2.75. The molecular weight excluding hydrogens is 437 g/mol. The maximum absolute atomic E-state index is 13.5. The molecule has 33 heavy (non-hydrogen) atoms. The summed E-state index contributed by atoms with van der Waals surface area (Å²) < 4.78 is 31.3. The van der Waals surface area contributed by atoms with Crippen molar-refractivity contribution in [2.24, 2.45) is 0 Å². The van der Waals surface area contributed by atoms with E-state index in [4.69, 9.17) is 14.2 Å². The monoisotopic (exact) mass is 471 g/mol. The van der Waals surface area contributed by atoms with E-state index in [2.05, 4.69) is 16.0 Å². The van der Waals surface area contributed by atoms with Gasteiger partial charge in [-0.2, -0.15) is 0 Å². The molecule has 11 heteroatoms. The van der Waals surface area contributed by atoms with Gasteiger partial charge in [0.2, 0.25) is 12.1 Å². The summed E-state index contributed by atoms with van der Waals surface area (Å²) in [6.45, 7) is 1.89. The Hall–Kier alpha value is -1.25. The average molecular weight is 472 g/mol. The lowest BCUT2D eigenvalue weighted by molar-refractivity contribution is -0.482. The number of ether oxygens (including phenoxy) is 3. The van der Waals surface area contributed by atoms with Crippen LogP contribution in [0.3, 0.4) is 0 Å². The molecule has 10 nitrogen and oxygen atoms in total. The molecule has 1 saturated carbocycles. The number of hydrogen-bond donors (Lipinski definition) is 7. The van der Waals surface area contributed by atoms with E-state index < -0.39 is 60.3 Å². The van der Waals surface area contributed by atoms with Gasteiger partial charge in [-0.1, -0.05) is 12.1 Å². The van der Waals surface area contributed by atoms with Gasteiger partial charge in [-0.15, -0.1) is 0 Å². The van der Waals surface area contributed by atoms with Crippen LogP contribution in [0.2, 0.25) is 0 Å². The zero-order valence-electron chi connectivity index (χ0n) is 18.9. The van der Waals surface area contributed by atoms with E-state index in [1.165, 1.54) is 12.1 Å². The lowest BCUT2D eigenvalue weighted by atomic mass is 9.77. The van der Waals surface area contributed by atoms with Crippen LogP contribution in [-0.2, 0) is 20.8 Å². The van der Waals surface area contributed by atoms with Crippen molar-refractivity contribution in [3.05, 3.63) is 35.6 Å². The molecule has 1 aromatic rings. The third-order valence-corrected chi connectivity index (χ3v) is 6.98. The van der Waals surface area contributed by atoms with Crippen molar-refractivity contribution in [3.8, 4) is 0 Å². The van der Waals surface area contributed by atoms with Crippen LogP contribution >= 0.6 is 0 Å². The Morgan fingerprint density at radius 3 is 2.45 bits per heavy atom. The second kappa shape index (κ2) is 9.42. The summed E-state index contributed by atoms with van der Waals surface area (Å²) >= 11 is 0. The first-order valence-corrected chi connectivity index (χ1v) is 11.2. The van der Waals surface area contributed by atoms with Gasteiger partial charge in [-0.3, -0.25) is 0 Å². The fourth-order valence-corrected chi connectivity index (χ4v) is 5.29. The third kappa shape index (κ3) is 4.31. The summed E-state index contributed by atoms with van der Waals surface area (Å²) in [7, 11) is 3.24. The van der Waals surface area contributed by atoms with Gasteiger partial charge >= 0.3 is 0 Å². The molecule has 186 valence electrons. The lowest BCUT2D eigenvalue weighted by Crippen LogP contribution is -2.81. The summed E-state index contributed by atoms with van der Waals surface area (Å²) in [4.78, 5) is 0. The molecule has 0 radical (unpaired) electrons. The van der Waals surface area contributed by atoms with Crippen molar-refractivity contribution < 1.29 is 39.0 Å². The maximum atomic E-state index is 13.5. The van der Waals surface area contributed by atoms with Crippen LogP contribution in [0.25, 0.3) is 0 Å². The molecular formula is C22H34FN3O7. The second-order valence-electron chi connectivity index (χ2n) is 9.24. The van der Waals surface area contributed by atoms with Crippen molar-refractivity contribution in [3.63, 3.8) is 0 Å². The van der Waals surface area contributed by atoms with Gasteiger partial charge in [-0.25, -0.2) is 4.39 Å². The molecule has 0 spiro atoms. The number of likely N-dealkylation sites (N-methyl/N-ethyl adjacent to an activating group) is 2. The van der Waals surface area contributed by atoms with Crippen molar-refractivity contribution >= 4 is 0 Å². The third-order valence-electron chi connectivity index (χ3n) is 6.98. The van der Waals surface area contributed by atoms with E-state index in [1.54, 1.807) is 33.2 Å². The minimum Gasteiger partial charge on any atom is -0.390 e. The molecule has 0 amide bonds. The molecule has 0 bridgehead atoms. The molecule has 1 aromatic carbocycles. The first kappa shape index (κ1) is 24.9. The number of fused-ring (bicyclic) bond motifs is 2. The lowest BCUT2D eigenvalue weighted by Gasteiger charge is -2.60. The summed E-state index contributed by atoms with van der Waals surface area (Å²) in [5.74, 6) is -2.65. The van der Waals surface area contributed by atoms with Gasteiger partial charge in [0, 0.05) is 19.5 Å². The van der Waals surface area contributed by atoms with Crippen molar-refractivity contribution in [1.82, 2.24) is 16.0 Å². The maximum Gasteiger partial charge on any atom is 0.249 e. The summed E-state index contributed by atoms with van der Waals surface area (Å²) in [6, 6.07) is 4.66. The Kier molecular flexibility index (Phi) is 7.10. The molecule has 10 atom stereocenters. The molecule has 2 saturated heterocycles. The largest absolute Gasteiger partial charge is 0.390 e. The minimum atomic E-state index is -2.28. The zero-order chi connectivity index (χ0) is 24.0. The van der Waals surface area contributed by atoms with Crippen LogP contribution in [0.1, 0.15) is 18.9 Å². The molecule has 1 unspecified atom stereocenters. The zero-order valence-corrected chi connectivity index (χ0v) is 18.9. The summed E-state index contributed by atoms with van der Waals surface area (Å²) in [5, 5.41) is 53.6. The molecule has 3 fully saturated rings. The molecule has 0 aromatic heterocycles. The predicted octanol–water partition coefficient (Wildman–Crippen LogP) is -1.83. The fourth-order valence-electron chi connectivity index (χ4n) is 5.29. The number of nitrogens with one attached hydrogen (secondary N) is 3. The normalized spacial score (nSPS) is 45.3. The first-order valence-electron chi connectivity index (χ1n) is 11.2. The Morgan fingerprint density at radius 2 is 1.79 bits per heavy atom. The summed E-state index contributed by atoms with van der Waals surface area (Å²) in [5.41, 5.74) is -1.16. The number of rotatable bonds is 6. The van der Waals surface area contributed by atoms with Gasteiger partial charge < -0.3 is 50.6 Å². The van der Waals surface area contributed by atoms with Crippen LogP contribution in [0.15, 0.2) is 24.3 Å². The quantitative estimate of drug-likeness (QED) is 0.253. The topological polar surface area (TPSA) is 145 Å². The molecule has 2 heterocycles. The molecule has 4 rings (SSSR count). The van der Waals surface area contributed by atoms with Crippen LogP contribution in [-0.4, -0.2) is 101 Å². The van der Waals surface area contributed by atoms with Crippen LogP contribution < -0.4 is 16.0 Å². The van der Waals surface area contributed by atoms with Crippen LogP contribution in [0, 0.1) is 5.82 Å². The number of benzene rings is 1. The van der Waals surface area contributed by atoms with E-state index in [-0.39, 0.29) is 25.3 Å². The van der Waals surface area contributed by atoms with Crippen LogP contribution in [0.5, 0.6) is 0 Å². The number of aliphatic hydroxyl groups is 4. The highest BCUT2D eigenvalue weighted by Crippen LogP contribution is 2.46. The molecule has 3 aliphatic rings. The summed E-state index contributed by atoms with van der Waals surface area (Å²) in [6.07, 6.45) is -5.93. The molecule has 2 aliphatic heterocycles. The molecule has 1 aliphatic carbocycles. The highest BCUT2D eigenvalue weighted by molar-refractivity contribution is 5.17.